The summed E-state index contributed by atoms with van der Waals surface area (Å²) in [6, 6.07) is 4.03. The van der Waals surface area contributed by atoms with Crippen LogP contribution < -0.4 is 10.2 Å². The summed E-state index contributed by atoms with van der Waals surface area (Å²) in [4.78, 5) is 20.1. The lowest BCUT2D eigenvalue weighted by atomic mass is 9.76. The minimum atomic E-state index is -0.346. The number of nitrogens with one attached hydrogen (secondary N) is 2. The molecule has 2 aliphatic heterocycles. The lowest BCUT2D eigenvalue weighted by Gasteiger charge is -2.48. The van der Waals surface area contributed by atoms with E-state index in [9.17, 15) is 4.79 Å². The fourth-order valence-electron chi connectivity index (χ4n) is 3.47. The van der Waals surface area contributed by atoms with Crippen LogP contribution in [0, 0.1) is 11.3 Å². The average molecular weight is 301 g/mol. The van der Waals surface area contributed by atoms with Crippen LogP contribution in [-0.4, -0.2) is 47.4 Å². The van der Waals surface area contributed by atoms with E-state index in [1.165, 1.54) is 4.90 Å². The Morgan fingerprint density at radius 2 is 2.32 bits per heavy atom. The number of nitrogens with zero attached hydrogens (tertiary/aromatic N) is 3. The maximum Gasteiger partial charge on any atom is 0.231 e. The Morgan fingerprint density at radius 3 is 3.00 bits per heavy atom. The van der Waals surface area contributed by atoms with Gasteiger partial charge in [-0.05, 0) is 37.8 Å². The van der Waals surface area contributed by atoms with Gasteiger partial charge in [-0.3, -0.25) is 20.1 Å². The number of amides is 1. The van der Waals surface area contributed by atoms with Gasteiger partial charge >= 0.3 is 0 Å². The number of rotatable bonds is 2. The summed E-state index contributed by atoms with van der Waals surface area (Å²) in [6.07, 6.45) is 6.28. The smallest absolute Gasteiger partial charge is 0.231 e. The first kappa shape index (κ1) is 14.8. The molecule has 2 N–H and O–H groups in total. The quantitative estimate of drug-likeness (QED) is 0.867. The second kappa shape index (κ2) is 5.59. The molecule has 6 nitrogen and oxygen atoms in total. The van der Waals surface area contributed by atoms with E-state index in [-0.39, 0.29) is 17.4 Å². The Kier molecular flexibility index (Phi) is 3.76. The number of hydrogen-bond acceptors (Lipinski definition) is 4. The predicted molar refractivity (Wildman–Crippen MR) is 85.8 cm³/mol. The molecule has 22 heavy (non-hydrogen) atoms. The number of guanidine groups is 1. The summed E-state index contributed by atoms with van der Waals surface area (Å²) in [5.41, 5.74) is 0.784. The van der Waals surface area contributed by atoms with Crippen LogP contribution in [0.5, 0.6) is 0 Å². The van der Waals surface area contributed by atoms with Crippen molar-refractivity contribution in [1.29, 1.82) is 5.41 Å². The van der Waals surface area contributed by atoms with E-state index >= 15 is 0 Å². The van der Waals surface area contributed by atoms with Crippen LogP contribution in [0.25, 0.3) is 0 Å². The van der Waals surface area contributed by atoms with Crippen LogP contribution in [0.4, 0.5) is 5.69 Å². The van der Waals surface area contributed by atoms with Gasteiger partial charge in [-0.25, -0.2) is 0 Å². The third-order valence-corrected chi connectivity index (χ3v) is 4.97. The minimum absolute atomic E-state index is 0.0183. The molecule has 0 saturated carbocycles. The summed E-state index contributed by atoms with van der Waals surface area (Å²) < 4.78 is 0. The minimum Gasteiger partial charge on any atom is -0.370 e. The molecule has 3 rings (SSSR count). The lowest BCUT2D eigenvalue weighted by molar-refractivity contribution is -0.130. The van der Waals surface area contributed by atoms with Gasteiger partial charge in [0.15, 0.2) is 5.96 Å². The van der Waals surface area contributed by atoms with E-state index in [2.05, 4.69) is 28.2 Å². The molecule has 0 spiro atoms. The van der Waals surface area contributed by atoms with E-state index in [0.29, 0.717) is 12.3 Å². The van der Waals surface area contributed by atoms with Gasteiger partial charge < -0.3 is 10.2 Å². The molecular formula is C16H23N5O. The van der Waals surface area contributed by atoms with Gasteiger partial charge in [0.05, 0.1) is 23.8 Å². The van der Waals surface area contributed by atoms with Crippen molar-refractivity contribution in [2.24, 2.45) is 5.92 Å². The molecule has 0 aromatic carbocycles. The van der Waals surface area contributed by atoms with Gasteiger partial charge in [0.2, 0.25) is 5.91 Å². The molecule has 0 bridgehead atoms. The largest absolute Gasteiger partial charge is 0.370 e. The van der Waals surface area contributed by atoms with Crippen LogP contribution in [0.1, 0.15) is 26.2 Å². The van der Waals surface area contributed by atoms with Crippen molar-refractivity contribution >= 4 is 17.6 Å². The number of hydrogen-bond donors (Lipinski definition) is 2. The molecule has 2 fully saturated rings. The zero-order chi connectivity index (χ0) is 15.7. The normalized spacial score (nSPS) is 29.5. The standard InChI is InChI=1S/C16H23N5O/c1-16(9-14(22)20(2)15(17)19-16)12-5-4-8-21(11-12)13-6-3-7-18-10-13/h3,6-7,10,12H,4-5,8-9,11H2,1-2H3,(H2,17,19)/t12?,16-/m0/s1. The van der Waals surface area contributed by atoms with Crippen molar-refractivity contribution in [2.75, 3.05) is 25.0 Å². The van der Waals surface area contributed by atoms with Gasteiger partial charge in [0.25, 0.3) is 0 Å². The van der Waals surface area contributed by atoms with Crippen molar-refractivity contribution in [1.82, 2.24) is 15.2 Å². The molecule has 1 unspecified atom stereocenters. The highest BCUT2D eigenvalue weighted by Gasteiger charge is 2.43. The van der Waals surface area contributed by atoms with Crippen LogP contribution in [-0.2, 0) is 4.79 Å². The Morgan fingerprint density at radius 1 is 1.50 bits per heavy atom. The number of aromatic nitrogens is 1. The Hall–Kier alpha value is -2.11. The molecule has 3 heterocycles. The number of carbonyl (C=O) groups is 1. The molecule has 0 radical (unpaired) electrons. The maximum absolute atomic E-state index is 12.1. The Bertz CT molecular complexity index is 555. The average Bonchev–Trinajstić information content (AvgIpc) is 2.53. The third-order valence-electron chi connectivity index (χ3n) is 4.97. The number of piperidine rings is 1. The lowest BCUT2D eigenvalue weighted by Crippen LogP contribution is -2.64. The van der Waals surface area contributed by atoms with Gasteiger partial charge in [0.1, 0.15) is 0 Å². The number of carbonyl (C=O) groups excluding carboxylic acids is 1. The third kappa shape index (κ3) is 2.65. The van der Waals surface area contributed by atoms with Gasteiger partial charge in [-0.1, -0.05) is 0 Å². The zero-order valence-electron chi connectivity index (χ0n) is 13.2. The van der Waals surface area contributed by atoms with Gasteiger partial charge in [0, 0.05) is 26.3 Å². The summed E-state index contributed by atoms with van der Waals surface area (Å²) >= 11 is 0. The molecular weight excluding hydrogens is 278 g/mol. The summed E-state index contributed by atoms with van der Waals surface area (Å²) in [5, 5.41) is 11.2. The molecule has 6 heteroatoms. The molecule has 2 aliphatic rings. The highest BCUT2D eigenvalue weighted by molar-refractivity contribution is 5.98. The molecule has 2 atom stereocenters. The van der Waals surface area contributed by atoms with Gasteiger partial charge in [-0.15, -0.1) is 0 Å². The summed E-state index contributed by atoms with van der Waals surface area (Å²) in [7, 11) is 1.65. The highest BCUT2D eigenvalue weighted by Crippen LogP contribution is 2.33. The van der Waals surface area contributed by atoms with Crippen LogP contribution in [0.2, 0.25) is 0 Å². The monoisotopic (exact) mass is 301 g/mol. The van der Waals surface area contributed by atoms with Gasteiger partial charge in [-0.2, -0.15) is 0 Å². The highest BCUT2D eigenvalue weighted by atomic mass is 16.2. The zero-order valence-corrected chi connectivity index (χ0v) is 13.2. The number of pyridine rings is 1. The first-order chi connectivity index (χ1) is 10.5. The van der Waals surface area contributed by atoms with Crippen LogP contribution >= 0.6 is 0 Å². The van der Waals surface area contributed by atoms with E-state index in [1.54, 1.807) is 13.2 Å². The first-order valence-corrected chi connectivity index (χ1v) is 7.78. The first-order valence-electron chi connectivity index (χ1n) is 7.78. The number of anilines is 1. The van der Waals surface area contributed by atoms with E-state index in [4.69, 9.17) is 5.41 Å². The van der Waals surface area contributed by atoms with Crippen molar-refractivity contribution in [3.8, 4) is 0 Å². The van der Waals surface area contributed by atoms with Crippen LogP contribution in [0.3, 0.4) is 0 Å². The molecule has 118 valence electrons. The van der Waals surface area contributed by atoms with Crippen molar-refractivity contribution < 1.29 is 4.79 Å². The molecule has 1 amide bonds. The fourth-order valence-corrected chi connectivity index (χ4v) is 3.47. The Balaban J connectivity index is 1.77. The van der Waals surface area contributed by atoms with E-state index < -0.39 is 0 Å². The maximum atomic E-state index is 12.1. The molecule has 0 aliphatic carbocycles. The molecule has 2 saturated heterocycles. The fraction of sp³-hybridized carbons (Fsp3) is 0.562. The second-order valence-corrected chi connectivity index (χ2v) is 6.52. The topological polar surface area (TPSA) is 72.3 Å². The van der Waals surface area contributed by atoms with E-state index in [0.717, 1.165) is 31.6 Å². The summed E-state index contributed by atoms with van der Waals surface area (Å²) in [5.74, 6) is 0.557. The van der Waals surface area contributed by atoms with E-state index in [1.807, 2.05) is 12.3 Å². The van der Waals surface area contributed by atoms with Crippen LogP contribution in [0.15, 0.2) is 24.5 Å². The van der Waals surface area contributed by atoms with Crippen molar-refractivity contribution in [2.45, 2.75) is 31.7 Å². The SMILES string of the molecule is CN1C(=N)N[C@](C)(C2CCCN(c3cccnc3)C2)CC1=O. The summed E-state index contributed by atoms with van der Waals surface area (Å²) in [6.45, 7) is 3.98. The van der Waals surface area contributed by atoms with Crippen molar-refractivity contribution in [3.05, 3.63) is 24.5 Å². The second-order valence-electron chi connectivity index (χ2n) is 6.52. The molecule has 1 aromatic heterocycles. The predicted octanol–water partition coefficient (Wildman–Crippen LogP) is 1.44. The van der Waals surface area contributed by atoms with Crippen molar-refractivity contribution in [3.63, 3.8) is 0 Å². The Labute approximate surface area is 131 Å². The molecule has 1 aromatic rings.